The van der Waals surface area contributed by atoms with Crippen molar-refractivity contribution in [2.75, 3.05) is 31.9 Å². The molecule has 0 N–H and O–H groups in total. The molecule has 0 aliphatic carbocycles. The molecule has 1 fully saturated rings. The molecule has 0 bridgehead atoms. The molecule has 146 valence electrons. The first-order chi connectivity index (χ1) is 13.6. The molecule has 28 heavy (non-hydrogen) atoms. The zero-order valence-electron chi connectivity index (χ0n) is 15.6. The number of aryl methyl sites for hydroxylation is 1. The summed E-state index contributed by atoms with van der Waals surface area (Å²) >= 11 is 7.39. The summed E-state index contributed by atoms with van der Waals surface area (Å²) in [7, 11) is 1.85. The van der Waals surface area contributed by atoms with Crippen molar-refractivity contribution in [2.45, 2.75) is 11.6 Å². The van der Waals surface area contributed by atoms with E-state index in [1.165, 1.54) is 23.7 Å². The molecule has 4 rings (SSSR count). The van der Waals surface area contributed by atoms with Gasteiger partial charge in [-0.1, -0.05) is 35.5 Å². The van der Waals surface area contributed by atoms with Crippen molar-refractivity contribution < 1.29 is 4.79 Å². The summed E-state index contributed by atoms with van der Waals surface area (Å²) in [6, 6.07) is 7.94. The Morgan fingerprint density at radius 3 is 2.64 bits per heavy atom. The molecule has 0 radical (unpaired) electrons. The lowest BCUT2D eigenvalue weighted by Crippen LogP contribution is -2.48. The number of halogens is 1. The van der Waals surface area contributed by atoms with E-state index in [1.54, 1.807) is 10.9 Å². The topological polar surface area (TPSA) is 67.2 Å². The van der Waals surface area contributed by atoms with Gasteiger partial charge < -0.3 is 4.90 Å². The van der Waals surface area contributed by atoms with E-state index in [-0.39, 0.29) is 5.91 Å². The van der Waals surface area contributed by atoms with Gasteiger partial charge in [-0.25, -0.2) is 9.97 Å². The number of nitrogens with zero attached hydrogens (tertiary/aromatic N) is 6. The zero-order valence-corrected chi connectivity index (χ0v) is 17.2. The standard InChI is InChI=1S/C19H21ClN6OS/c1-24-18-16(10-23-24)19(22-13-21-18)28-12-17(27)26-8-6-25(7-9-26)11-14-2-4-15(20)5-3-14/h2-5,10,13H,6-9,11-12H2,1H3. The fraction of sp³-hybridized carbons (Fsp3) is 0.368. The molecule has 3 aromatic rings. The van der Waals surface area contributed by atoms with Gasteiger partial charge in [-0.2, -0.15) is 5.10 Å². The second kappa shape index (κ2) is 8.46. The van der Waals surface area contributed by atoms with Gasteiger partial charge in [0.05, 0.1) is 17.3 Å². The van der Waals surface area contributed by atoms with Crippen LogP contribution in [0.3, 0.4) is 0 Å². The molecule has 0 spiro atoms. The molecule has 0 atom stereocenters. The highest BCUT2D eigenvalue weighted by molar-refractivity contribution is 8.00. The van der Waals surface area contributed by atoms with Crippen molar-refractivity contribution in [3.63, 3.8) is 0 Å². The van der Waals surface area contributed by atoms with Crippen LogP contribution in [0.2, 0.25) is 5.02 Å². The minimum Gasteiger partial charge on any atom is -0.339 e. The van der Waals surface area contributed by atoms with E-state index in [1.807, 2.05) is 24.1 Å². The van der Waals surface area contributed by atoms with Crippen LogP contribution in [0.25, 0.3) is 11.0 Å². The average molecular weight is 417 g/mol. The maximum absolute atomic E-state index is 12.6. The number of piperazine rings is 1. The van der Waals surface area contributed by atoms with Crippen molar-refractivity contribution in [1.82, 2.24) is 29.5 Å². The second-order valence-electron chi connectivity index (χ2n) is 6.76. The molecular weight excluding hydrogens is 396 g/mol. The Hall–Kier alpha value is -2.16. The van der Waals surface area contributed by atoms with Crippen molar-refractivity contribution >= 4 is 40.3 Å². The minimum atomic E-state index is 0.145. The normalized spacial score (nSPS) is 15.3. The Kier molecular flexibility index (Phi) is 5.79. The molecule has 7 nitrogen and oxygen atoms in total. The molecule has 9 heteroatoms. The molecule has 1 amide bonds. The fourth-order valence-electron chi connectivity index (χ4n) is 3.28. The van der Waals surface area contributed by atoms with Crippen LogP contribution in [-0.2, 0) is 18.4 Å². The van der Waals surface area contributed by atoms with Crippen LogP contribution in [0.5, 0.6) is 0 Å². The summed E-state index contributed by atoms with van der Waals surface area (Å²) in [6.45, 7) is 4.13. The Bertz CT molecular complexity index is 968. The molecule has 3 heterocycles. The maximum atomic E-state index is 12.6. The largest absolute Gasteiger partial charge is 0.339 e. The van der Waals surface area contributed by atoms with Gasteiger partial charge in [-0.05, 0) is 17.7 Å². The van der Waals surface area contributed by atoms with Gasteiger partial charge in [-0.15, -0.1) is 0 Å². The molecule has 1 aromatic carbocycles. The van der Waals surface area contributed by atoms with E-state index in [9.17, 15) is 4.79 Å². The third-order valence-corrected chi connectivity index (χ3v) is 6.11. The summed E-state index contributed by atoms with van der Waals surface area (Å²) < 4.78 is 1.71. The number of aromatic nitrogens is 4. The molecule has 0 unspecified atom stereocenters. The quantitative estimate of drug-likeness (QED) is 0.470. The van der Waals surface area contributed by atoms with Gasteiger partial charge in [-0.3, -0.25) is 14.4 Å². The van der Waals surface area contributed by atoms with Crippen LogP contribution in [0.4, 0.5) is 0 Å². The summed E-state index contributed by atoms with van der Waals surface area (Å²) in [4.78, 5) is 25.5. The number of hydrogen-bond acceptors (Lipinski definition) is 6. The van der Waals surface area contributed by atoms with Gasteiger partial charge in [0.1, 0.15) is 11.4 Å². The number of carbonyl (C=O) groups is 1. The number of hydrogen-bond donors (Lipinski definition) is 0. The lowest BCUT2D eigenvalue weighted by Gasteiger charge is -2.34. The molecule has 2 aromatic heterocycles. The number of carbonyl (C=O) groups excluding carboxylic acids is 1. The Balaban J connectivity index is 1.28. The molecule has 1 aliphatic heterocycles. The first-order valence-corrected chi connectivity index (χ1v) is 10.5. The smallest absolute Gasteiger partial charge is 0.233 e. The van der Waals surface area contributed by atoms with Crippen LogP contribution >= 0.6 is 23.4 Å². The van der Waals surface area contributed by atoms with E-state index in [0.29, 0.717) is 5.75 Å². The second-order valence-corrected chi connectivity index (χ2v) is 8.16. The summed E-state index contributed by atoms with van der Waals surface area (Å²) in [5.74, 6) is 0.518. The van der Waals surface area contributed by atoms with Crippen LogP contribution in [-0.4, -0.2) is 67.4 Å². The first-order valence-electron chi connectivity index (χ1n) is 9.10. The van der Waals surface area contributed by atoms with Gasteiger partial charge in [0.2, 0.25) is 5.91 Å². The highest BCUT2D eigenvalue weighted by Gasteiger charge is 2.21. The van der Waals surface area contributed by atoms with Crippen LogP contribution in [0, 0.1) is 0 Å². The van der Waals surface area contributed by atoms with E-state index >= 15 is 0 Å². The number of benzene rings is 1. The van der Waals surface area contributed by atoms with Crippen molar-refractivity contribution in [2.24, 2.45) is 7.05 Å². The van der Waals surface area contributed by atoms with Gasteiger partial charge >= 0.3 is 0 Å². The number of rotatable bonds is 5. The van der Waals surface area contributed by atoms with Crippen molar-refractivity contribution in [3.05, 3.63) is 47.4 Å². The predicted molar refractivity (Wildman–Crippen MR) is 110 cm³/mol. The monoisotopic (exact) mass is 416 g/mol. The Morgan fingerprint density at radius 2 is 1.89 bits per heavy atom. The zero-order chi connectivity index (χ0) is 19.5. The minimum absolute atomic E-state index is 0.145. The summed E-state index contributed by atoms with van der Waals surface area (Å²) in [5.41, 5.74) is 2.02. The molecular formula is C19H21ClN6OS. The Morgan fingerprint density at radius 1 is 1.14 bits per heavy atom. The lowest BCUT2D eigenvalue weighted by molar-refractivity contribution is -0.130. The van der Waals surface area contributed by atoms with Crippen LogP contribution in [0.15, 0.2) is 41.8 Å². The first kappa shape index (κ1) is 19.2. The number of thioether (sulfide) groups is 1. The van der Waals surface area contributed by atoms with E-state index in [0.717, 1.165) is 53.8 Å². The highest BCUT2D eigenvalue weighted by atomic mass is 35.5. The summed E-state index contributed by atoms with van der Waals surface area (Å²) in [6.07, 6.45) is 3.27. The molecule has 1 saturated heterocycles. The van der Waals surface area contributed by atoms with Crippen LogP contribution in [0.1, 0.15) is 5.56 Å². The van der Waals surface area contributed by atoms with Crippen LogP contribution < -0.4 is 0 Å². The lowest BCUT2D eigenvalue weighted by atomic mass is 10.2. The fourth-order valence-corrected chi connectivity index (χ4v) is 4.27. The van der Waals surface area contributed by atoms with E-state index in [2.05, 4.69) is 32.1 Å². The van der Waals surface area contributed by atoms with Gasteiger partial charge in [0.15, 0.2) is 5.65 Å². The third-order valence-electron chi connectivity index (χ3n) is 4.87. The van der Waals surface area contributed by atoms with Crippen molar-refractivity contribution in [3.8, 4) is 0 Å². The van der Waals surface area contributed by atoms with Crippen molar-refractivity contribution in [1.29, 1.82) is 0 Å². The SMILES string of the molecule is Cn1ncc2c(SCC(=O)N3CCN(Cc4ccc(Cl)cc4)CC3)ncnc21. The number of amides is 1. The van der Waals surface area contributed by atoms with E-state index < -0.39 is 0 Å². The number of fused-ring (bicyclic) bond motifs is 1. The maximum Gasteiger partial charge on any atom is 0.233 e. The van der Waals surface area contributed by atoms with Gasteiger partial charge in [0.25, 0.3) is 0 Å². The third kappa shape index (κ3) is 4.29. The predicted octanol–water partition coefficient (Wildman–Crippen LogP) is 2.45. The van der Waals surface area contributed by atoms with Gasteiger partial charge in [0, 0.05) is 44.8 Å². The molecule has 0 saturated carbocycles. The molecule has 1 aliphatic rings. The Labute approximate surface area is 172 Å². The highest BCUT2D eigenvalue weighted by Crippen LogP contribution is 2.24. The average Bonchev–Trinajstić information content (AvgIpc) is 3.10. The summed E-state index contributed by atoms with van der Waals surface area (Å²) in [5, 5.41) is 6.65. The van der Waals surface area contributed by atoms with E-state index in [4.69, 9.17) is 11.6 Å².